The number of halogens is 1. The number of nitro benzene ring substituents is 1. The number of alkyl carbamates (subject to hydrolysis) is 1. The molecular weight excluding hydrogens is 557 g/mol. The van der Waals surface area contributed by atoms with E-state index in [2.05, 4.69) is 15.0 Å². The molecule has 1 amide bonds. The lowest BCUT2D eigenvalue weighted by Gasteiger charge is -2.35. The fraction of sp³-hybridized carbons (Fsp3) is 0.444. The van der Waals surface area contributed by atoms with Gasteiger partial charge in [-0.1, -0.05) is 12.1 Å². The summed E-state index contributed by atoms with van der Waals surface area (Å²) in [5, 5.41) is 14.4. The van der Waals surface area contributed by atoms with E-state index in [-0.39, 0.29) is 24.0 Å². The summed E-state index contributed by atoms with van der Waals surface area (Å²) in [7, 11) is -4.42. The minimum atomic E-state index is -4.42. The number of pyridine rings is 2. The number of nitrogens with one attached hydrogen (secondary N) is 2. The van der Waals surface area contributed by atoms with Crippen LogP contribution in [0, 0.1) is 21.8 Å². The topological polar surface area (TPSA) is 163 Å². The SMILES string of the molecule is CC(C)(C)OC(=O)N[C@H]1CC[C@H](C(Cn2c(=O)ccc3ncc(F)cc32)NS(=O)(=O)c2ccccc2[N+](=O)[O-])CC1. The lowest BCUT2D eigenvalue weighted by molar-refractivity contribution is -0.387. The first-order valence-corrected chi connectivity index (χ1v) is 14.6. The summed E-state index contributed by atoms with van der Waals surface area (Å²) in [6, 6.07) is 7.76. The Labute approximate surface area is 236 Å². The standard InChI is InChI=1S/C27H32FN5O7S/c1-27(2,3)40-26(35)30-19-10-8-17(9-11-19)21(31-41(38,39)24-7-5-4-6-22(24)33(36)37)16-32-23-14-18(28)15-29-20(23)12-13-25(32)34/h4-7,12-15,17,19,21,31H,8-11,16H2,1-3H3,(H,30,35)/t17-,19-,21?. The molecule has 3 aromatic rings. The average Bonchev–Trinajstić information content (AvgIpc) is 2.89. The summed E-state index contributed by atoms with van der Waals surface area (Å²) in [5.74, 6) is -0.976. The summed E-state index contributed by atoms with van der Waals surface area (Å²) in [4.78, 5) is 39.5. The average molecular weight is 590 g/mol. The zero-order valence-electron chi connectivity index (χ0n) is 22.9. The van der Waals surface area contributed by atoms with Crippen molar-refractivity contribution in [2.45, 2.75) is 75.6 Å². The molecule has 1 atom stereocenters. The lowest BCUT2D eigenvalue weighted by atomic mass is 9.81. The van der Waals surface area contributed by atoms with Gasteiger partial charge in [0.05, 0.1) is 22.2 Å². The minimum absolute atomic E-state index is 0.171. The maximum Gasteiger partial charge on any atom is 0.407 e. The molecule has 1 aliphatic rings. The Hall–Kier alpha value is -3.91. The number of amides is 1. The molecule has 1 saturated carbocycles. The molecule has 0 spiro atoms. The molecule has 2 N–H and O–H groups in total. The van der Waals surface area contributed by atoms with Gasteiger partial charge in [0.15, 0.2) is 4.90 Å². The van der Waals surface area contributed by atoms with Crippen LogP contribution in [-0.4, -0.2) is 46.7 Å². The van der Waals surface area contributed by atoms with Crippen molar-refractivity contribution >= 4 is 32.8 Å². The normalized spacial score (nSPS) is 18.5. The Morgan fingerprint density at radius 3 is 2.54 bits per heavy atom. The second-order valence-electron chi connectivity index (χ2n) is 11.1. The number of nitro groups is 1. The third-order valence-electron chi connectivity index (χ3n) is 6.90. The van der Waals surface area contributed by atoms with Crippen molar-refractivity contribution < 1.29 is 27.3 Å². The quantitative estimate of drug-likeness (QED) is 0.295. The van der Waals surface area contributed by atoms with Crippen LogP contribution in [0.2, 0.25) is 0 Å². The van der Waals surface area contributed by atoms with Crippen LogP contribution >= 0.6 is 0 Å². The Balaban J connectivity index is 1.64. The maximum absolute atomic E-state index is 14.1. The molecule has 1 unspecified atom stereocenters. The van der Waals surface area contributed by atoms with Gasteiger partial charge < -0.3 is 14.6 Å². The summed E-state index contributed by atoms with van der Waals surface area (Å²) >= 11 is 0. The van der Waals surface area contributed by atoms with E-state index in [0.717, 1.165) is 24.4 Å². The molecular formula is C27H32FN5O7S. The van der Waals surface area contributed by atoms with Gasteiger partial charge in [-0.2, -0.15) is 0 Å². The van der Waals surface area contributed by atoms with Crippen molar-refractivity contribution in [3.05, 3.63) is 74.9 Å². The number of rotatable bonds is 8. The third-order valence-corrected chi connectivity index (χ3v) is 8.44. The summed E-state index contributed by atoms with van der Waals surface area (Å²) in [5.41, 5.74) is -1.20. The van der Waals surface area contributed by atoms with E-state index < -0.39 is 54.6 Å². The van der Waals surface area contributed by atoms with E-state index in [1.165, 1.54) is 28.8 Å². The number of benzene rings is 1. The van der Waals surface area contributed by atoms with Gasteiger partial charge in [0.2, 0.25) is 10.0 Å². The van der Waals surface area contributed by atoms with Crippen LogP contribution < -0.4 is 15.6 Å². The highest BCUT2D eigenvalue weighted by molar-refractivity contribution is 7.89. The number of aromatic nitrogens is 2. The van der Waals surface area contributed by atoms with Gasteiger partial charge in [-0.05, 0) is 64.5 Å². The van der Waals surface area contributed by atoms with Crippen molar-refractivity contribution in [1.29, 1.82) is 0 Å². The van der Waals surface area contributed by atoms with Gasteiger partial charge in [-0.25, -0.2) is 22.3 Å². The molecule has 2 heterocycles. The first kappa shape index (κ1) is 30.1. The highest BCUT2D eigenvalue weighted by Gasteiger charge is 2.35. The number of fused-ring (bicyclic) bond motifs is 1. The van der Waals surface area contributed by atoms with Crippen LogP contribution in [0.1, 0.15) is 46.5 Å². The van der Waals surface area contributed by atoms with Crippen LogP contribution in [0.4, 0.5) is 14.9 Å². The predicted octanol–water partition coefficient (Wildman–Crippen LogP) is 3.87. The molecule has 0 aliphatic heterocycles. The molecule has 220 valence electrons. The second-order valence-corrected chi connectivity index (χ2v) is 12.7. The van der Waals surface area contributed by atoms with Crippen LogP contribution in [0.5, 0.6) is 0 Å². The van der Waals surface area contributed by atoms with Gasteiger partial charge in [0.25, 0.3) is 11.2 Å². The smallest absolute Gasteiger partial charge is 0.407 e. The highest BCUT2D eigenvalue weighted by Crippen LogP contribution is 2.31. The summed E-state index contributed by atoms with van der Waals surface area (Å²) in [6.45, 7) is 5.10. The number of sulfonamides is 1. The van der Waals surface area contributed by atoms with E-state index in [0.29, 0.717) is 31.2 Å². The summed E-state index contributed by atoms with van der Waals surface area (Å²) in [6.07, 6.45) is 2.42. The molecule has 1 aromatic carbocycles. The van der Waals surface area contributed by atoms with Crippen molar-refractivity contribution in [1.82, 2.24) is 19.6 Å². The highest BCUT2D eigenvalue weighted by atomic mass is 32.2. The molecule has 1 fully saturated rings. The molecule has 4 rings (SSSR count). The second kappa shape index (κ2) is 11.9. The Kier molecular flexibility index (Phi) is 8.73. The Bertz CT molecular complexity index is 1610. The van der Waals surface area contributed by atoms with Crippen molar-refractivity contribution in [2.24, 2.45) is 5.92 Å². The fourth-order valence-corrected chi connectivity index (χ4v) is 6.52. The van der Waals surface area contributed by atoms with Crippen molar-refractivity contribution in [3.8, 4) is 0 Å². The Morgan fingerprint density at radius 1 is 1.20 bits per heavy atom. The van der Waals surface area contributed by atoms with Crippen molar-refractivity contribution in [2.75, 3.05) is 0 Å². The fourth-order valence-electron chi connectivity index (χ4n) is 5.05. The van der Waals surface area contributed by atoms with Gasteiger partial charge in [-0.15, -0.1) is 0 Å². The van der Waals surface area contributed by atoms with E-state index in [1.54, 1.807) is 20.8 Å². The van der Waals surface area contributed by atoms with Gasteiger partial charge in [-0.3, -0.25) is 19.9 Å². The monoisotopic (exact) mass is 589 g/mol. The maximum atomic E-state index is 14.1. The first-order chi connectivity index (χ1) is 19.2. The Morgan fingerprint density at radius 2 is 1.88 bits per heavy atom. The van der Waals surface area contributed by atoms with E-state index >= 15 is 0 Å². The van der Waals surface area contributed by atoms with E-state index in [9.17, 15) is 32.5 Å². The predicted molar refractivity (Wildman–Crippen MR) is 148 cm³/mol. The van der Waals surface area contributed by atoms with Crippen LogP contribution in [0.15, 0.2) is 58.4 Å². The number of hydrogen-bond donors (Lipinski definition) is 2. The number of ether oxygens (including phenoxy) is 1. The molecule has 0 saturated heterocycles. The van der Waals surface area contributed by atoms with E-state index in [1.807, 2.05) is 0 Å². The molecule has 12 nitrogen and oxygen atoms in total. The van der Waals surface area contributed by atoms with Gasteiger partial charge in [0.1, 0.15) is 11.4 Å². The number of hydrogen-bond acceptors (Lipinski definition) is 8. The van der Waals surface area contributed by atoms with Gasteiger partial charge in [0, 0.05) is 36.8 Å². The van der Waals surface area contributed by atoms with Crippen LogP contribution in [-0.2, 0) is 21.3 Å². The largest absolute Gasteiger partial charge is 0.444 e. The number of nitrogens with zero attached hydrogens (tertiary/aromatic N) is 3. The molecule has 0 bridgehead atoms. The number of para-hydroxylation sites is 1. The number of carbonyl (C=O) groups excluding carboxylic acids is 1. The minimum Gasteiger partial charge on any atom is -0.444 e. The summed E-state index contributed by atoms with van der Waals surface area (Å²) < 4.78 is 50.3. The molecule has 0 radical (unpaired) electrons. The van der Waals surface area contributed by atoms with Crippen LogP contribution in [0.3, 0.4) is 0 Å². The zero-order chi connectivity index (χ0) is 29.9. The van der Waals surface area contributed by atoms with Crippen molar-refractivity contribution in [3.63, 3.8) is 0 Å². The van der Waals surface area contributed by atoms with Gasteiger partial charge >= 0.3 is 6.09 Å². The van der Waals surface area contributed by atoms with Crippen LogP contribution in [0.25, 0.3) is 11.0 Å². The molecule has 41 heavy (non-hydrogen) atoms. The molecule has 1 aliphatic carbocycles. The van der Waals surface area contributed by atoms with E-state index in [4.69, 9.17) is 4.74 Å². The number of carbonyl (C=O) groups is 1. The first-order valence-electron chi connectivity index (χ1n) is 13.1. The molecule has 14 heteroatoms. The third kappa shape index (κ3) is 7.44. The molecule has 2 aromatic heterocycles. The lowest BCUT2D eigenvalue weighted by Crippen LogP contribution is -2.48. The zero-order valence-corrected chi connectivity index (χ0v) is 23.7.